The van der Waals surface area contributed by atoms with E-state index in [2.05, 4.69) is 25.3 Å². The minimum atomic E-state index is -0.343. The highest BCUT2D eigenvalue weighted by Crippen LogP contribution is 2.29. The lowest BCUT2D eigenvalue weighted by molar-refractivity contribution is -0.120. The highest BCUT2D eigenvalue weighted by atomic mass is 19.1. The molecule has 144 valence electrons. The Balaban J connectivity index is 1.57. The van der Waals surface area contributed by atoms with Crippen molar-refractivity contribution in [2.45, 2.75) is 13.0 Å². The molecule has 0 radical (unpaired) electrons. The number of H-pyrrole nitrogens is 1. The molecule has 2 N–H and O–H groups in total. The summed E-state index contributed by atoms with van der Waals surface area (Å²) >= 11 is 0. The van der Waals surface area contributed by atoms with Gasteiger partial charge in [0.05, 0.1) is 30.0 Å². The maximum absolute atomic E-state index is 13.7. The molecule has 0 bridgehead atoms. The second-order valence-electron chi connectivity index (χ2n) is 6.44. The highest BCUT2D eigenvalue weighted by molar-refractivity contribution is 5.79. The third-order valence-corrected chi connectivity index (χ3v) is 4.34. The number of carbonyl (C=O) groups is 1. The van der Waals surface area contributed by atoms with Gasteiger partial charge in [-0.1, -0.05) is 18.2 Å². The van der Waals surface area contributed by atoms with E-state index in [9.17, 15) is 9.18 Å². The molecule has 0 aliphatic rings. The first-order valence-corrected chi connectivity index (χ1v) is 9.11. The fourth-order valence-electron chi connectivity index (χ4n) is 2.98. The van der Waals surface area contributed by atoms with Crippen molar-refractivity contribution >= 4 is 5.91 Å². The number of hydrogen-bond donors (Lipinski definition) is 2. The SMILES string of the molecule is O=C(Cc1ccncc1)NCc1nc(-c2cccc(F)c2)c(-c2ccccn2)[nH]1. The van der Waals surface area contributed by atoms with Crippen molar-refractivity contribution < 1.29 is 9.18 Å². The van der Waals surface area contributed by atoms with E-state index in [1.807, 2.05) is 18.2 Å². The first-order chi connectivity index (χ1) is 14.2. The number of pyridine rings is 2. The summed E-state index contributed by atoms with van der Waals surface area (Å²) in [5.74, 6) is 0.0944. The normalized spacial score (nSPS) is 10.7. The summed E-state index contributed by atoms with van der Waals surface area (Å²) in [4.78, 5) is 28.3. The minimum Gasteiger partial charge on any atom is -0.349 e. The van der Waals surface area contributed by atoms with Gasteiger partial charge in [0.1, 0.15) is 11.6 Å². The fourth-order valence-corrected chi connectivity index (χ4v) is 2.98. The van der Waals surface area contributed by atoms with E-state index in [1.165, 1.54) is 12.1 Å². The number of halogens is 1. The number of hydrogen-bond acceptors (Lipinski definition) is 4. The van der Waals surface area contributed by atoms with Crippen LogP contribution in [0.2, 0.25) is 0 Å². The number of aromatic nitrogens is 4. The average Bonchev–Trinajstić information content (AvgIpc) is 3.18. The summed E-state index contributed by atoms with van der Waals surface area (Å²) in [6.45, 7) is 0.221. The van der Waals surface area contributed by atoms with Gasteiger partial charge in [0.2, 0.25) is 5.91 Å². The molecule has 0 fully saturated rings. The Morgan fingerprint density at radius 1 is 1.03 bits per heavy atom. The minimum absolute atomic E-state index is 0.126. The van der Waals surface area contributed by atoms with Gasteiger partial charge in [-0.2, -0.15) is 0 Å². The Morgan fingerprint density at radius 2 is 1.90 bits per heavy atom. The molecular formula is C22H18FN5O. The summed E-state index contributed by atoms with van der Waals surface area (Å²) in [6.07, 6.45) is 5.24. The van der Waals surface area contributed by atoms with Gasteiger partial charge in [0.25, 0.3) is 0 Å². The zero-order valence-corrected chi connectivity index (χ0v) is 15.5. The van der Waals surface area contributed by atoms with Gasteiger partial charge in [0.15, 0.2) is 0 Å². The van der Waals surface area contributed by atoms with Crippen LogP contribution in [0.4, 0.5) is 4.39 Å². The predicted molar refractivity (Wildman–Crippen MR) is 107 cm³/mol. The Hall–Kier alpha value is -3.87. The lowest BCUT2D eigenvalue weighted by Crippen LogP contribution is -2.25. The lowest BCUT2D eigenvalue weighted by atomic mass is 10.1. The molecule has 0 spiro atoms. The molecule has 0 aliphatic heterocycles. The van der Waals surface area contributed by atoms with Crippen LogP contribution in [-0.2, 0) is 17.8 Å². The topological polar surface area (TPSA) is 83.6 Å². The molecule has 4 aromatic rings. The van der Waals surface area contributed by atoms with Crippen molar-refractivity contribution in [3.63, 3.8) is 0 Å². The second kappa shape index (κ2) is 8.43. The number of aromatic amines is 1. The molecule has 0 atom stereocenters. The number of carbonyl (C=O) groups excluding carboxylic acids is 1. The number of benzene rings is 1. The van der Waals surface area contributed by atoms with Gasteiger partial charge in [0, 0.05) is 24.2 Å². The van der Waals surface area contributed by atoms with Gasteiger partial charge in [-0.15, -0.1) is 0 Å². The summed E-state index contributed by atoms with van der Waals surface area (Å²) in [6, 6.07) is 15.4. The van der Waals surface area contributed by atoms with E-state index in [4.69, 9.17) is 0 Å². The lowest BCUT2D eigenvalue weighted by Gasteiger charge is -2.03. The van der Waals surface area contributed by atoms with Gasteiger partial charge < -0.3 is 10.3 Å². The van der Waals surface area contributed by atoms with Crippen molar-refractivity contribution in [2.24, 2.45) is 0 Å². The average molecular weight is 387 g/mol. The summed E-state index contributed by atoms with van der Waals surface area (Å²) in [7, 11) is 0. The highest BCUT2D eigenvalue weighted by Gasteiger charge is 2.16. The smallest absolute Gasteiger partial charge is 0.224 e. The van der Waals surface area contributed by atoms with Crippen LogP contribution < -0.4 is 5.32 Å². The van der Waals surface area contributed by atoms with E-state index < -0.39 is 0 Å². The number of nitrogens with one attached hydrogen (secondary N) is 2. The fraction of sp³-hybridized carbons (Fsp3) is 0.0909. The van der Waals surface area contributed by atoms with Crippen molar-refractivity contribution in [3.8, 4) is 22.6 Å². The van der Waals surface area contributed by atoms with Crippen LogP contribution in [0, 0.1) is 5.82 Å². The van der Waals surface area contributed by atoms with Crippen LogP contribution in [0.5, 0.6) is 0 Å². The predicted octanol–water partition coefficient (Wildman–Crippen LogP) is 3.53. The number of nitrogens with zero attached hydrogens (tertiary/aromatic N) is 3. The molecule has 1 aromatic carbocycles. The van der Waals surface area contributed by atoms with Crippen LogP contribution in [0.1, 0.15) is 11.4 Å². The Kier molecular flexibility index (Phi) is 5.38. The molecule has 0 saturated heterocycles. The standard InChI is InChI=1S/C22H18FN5O/c23-17-5-3-4-16(13-17)21-22(18-6-1-2-9-25-18)28-19(27-21)14-26-20(29)12-15-7-10-24-11-8-15/h1-11,13H,12,14H2,(H,26,29)(H,27,28). The third-order valence-electron chi connectivity index (χ3n) is 4.34. The molecular weight excluding hydrogens is 369 g/mol. The van der Waals surface area contributed by atoms with Gasteiger partial charge >= 0.3 is 0 Å². The summed E-state index contributed by atoms with van der Waals surface area (Å²) in [5.41, 5.74) is 3.47. The molecule has 3 heterocycles. The zero-order valence-electron chi connectivity index (χ0n) is 15.5. The van der Waals surface area contributed by atoms with Gasteiger partial charge in [-0.3, -0.25) is 14.8 Å². The zero-order chi connectivity index (χ0) is 20.1. The number of amides is 1. The van der Waals surface area contributed by atoms with Crippen LogP contribution in [0.25, 0.3) is 22.6 Å². The molecule has 29 heavy (non-hydrogen) atoms. The Morgan fingerprint density at radius 3 is 2.66 bits per heavy atom. The van der Waals surface area contributed by atoms with Crippen LogP contribution in [0.15, 0.2) is 73.2 Å². The van der Waals surface area contributed by atoms with Crippen molar-refractivity contribution in [2.75, 3.05) is 0 Å². The maximum atomic E-state index is 13.7. The van der Waals surface area contributed by atoms with E-state index in [-0.39, 0.29) is 24.7 Å². The van der Waals surface area contributed by atoms with Gasteiger partial charge in [-0.05, 0) is 42.0 Å². The number of imidazole rings is 1. The van der Waals surface area contributed by atoms with Crippen molar-refractivity contribution in [1.82, 2.24) is 25.3 Å². The molecule has 3 aromatic heterocycles. The van der Waals surface area contributed by atoms with Crippen molar-refractivity contribution in [3.05, 3.63) is 90.4 Å². The van der Waals surface area contributed by atoms with E-state index in [0.29, 0.717) is 28.5 Å². The third kappa shape index (κ3) is 4.52. The van der Waals surface area contributed by atoms with Crippen LogP contribution in [0.3, 0.4) is 0 Å². The summed E-state index contributed by atoms with van der Waals surface area (Å²) in [5, 5.41) is 2.85. The quantitative estimate of drug-likeness (QED) is 0.530. The monoisotopic (exact) mass is 387 g/mol. The van der Waals surface area contributed by atoms with Gasteiger partial charge in [-0.25, -0.2) is 9.37 Å². The molecule has 1 amide bonds. The van der Waals surface area contributed by atoms with Crippen LogP contribution >= 0.6 is 0 Å². The maximum Gasteiger partial charge on any atom is 0.224 e. The van der Waals surface area contributed by atoms with Crippen LogP contribution in [-0.4, -0.2) is 25.8 Å². The molecule has 6 nitrogen and oxygen atoms in total. The summed E-state index contributed by atoms with van der Waals surface area (Å²) < 4.78 is 13.7. The molecule has 7 heteroatoms. The Bertz CT molecular complexity index is 1110. The first kappa shape index (κ1) is 18.5. The first-order valence-electron chi connectivity index (χ1n) is 9.11. The molecule has 0 aliphatic carbocycles. The Labute approximate surface area is 166 Å². The molecule has 0 unspecified atom stereocenters. The van der Waals surface area contributed by atoms with E-state index in [1.54, 1.807) is 42.9 Å². The van der Waals surface area contributed by atoms with E-state index >= 15 is 0 Å². The van der Waals surface area contributed by atoms with E-state index in [0.717, 1.165) is 5.56 Å². The van der Waals surface area contributed by atoms with Crippen molar-refractivity contribution in [1.29, 1.82) is 0 Å². The molecule has 0 saturated carbocycles. The molecule has 4 rings (SSSR count). The number of rotatable bonds is 6. The second-order valence-corrected chi connectivity index (χ2v) is 6.44. The largest absolute Gasteiger partial charge is 0.349 e.